The Morgan fingerprint density at radius 2 is 1.64 bits per heavy atom. The molecular weight excluding hydrogens is 372 g/mol. The number of nitrogens with zero attached hydrogens (tertiary/aromatic N) is 1. The lowest BCUT2D eigenvalue weighted by Crippen LogP contribution is -2.47. The number of anilines is 2. The molecule has 0 radical (unpaired) electrons. The quantitative estimate of drug-likeness (QED) is 0.735. The Hall–Kier alpha value is -2.34. The predicted octanol–water partition coefficient (Wildman–Crippen LogP) is 4.61. The fourth-order valence-corrected chi connectivity index (χ4v) is 4.66. The van der Waals surface area contributed by atoms with Gasteiger partial charge in [0.25, 0.3) is 0 Å². The van der Waals surface area contributed by atoms with E-state index >= 15 is 0 Å². The lowest BCUT2D eigenvalue weighted by Gasteiger charge is -2.31. The summed E-state index contributed by atoms with van der Waals surface area (Å²) in [6, 6.07) is 12.3. The number of nitrogens with one attached hydrogen (secondary N) is 1. The molecule has 0 unspecified atom stereocenters. The third-order valence-electron chi connectivity index (χ3n) is 4.63. The normalized spacial score (nSPS) is 12.7. The molecule has 0 aliphatic heterocycles. The zero-order chi connectivity index (χ0) is 21.1. The van der Waals surface area contributed by atoms with Crippen LogP contribution in [0.15, 0.2) is 42.5 Å². The molecule has 0 fully saturated rings. The number of hydrogen-bond donors (Lipinski definition) is 1. The van der Waals surface area contributed by atoms with E-state index in [1.54, 1.807) is 12.1 Å². The highest BCUT2D eigenvalue weighted by Gasteiger charge is 2.32. The monoisotopic (exact) mass is 402 g/mol. The minimum Gasteiger partial charge on any atom is -0.324 e. The fourth-order valence-electron chi connectivity index (χ4n) is 3.47. The number of para-hydroxylation sites is 1. The number of carbonyl (C=O) groups is 1. The Bertz CT molecular complexity index is 932. The zero-order valence-corrected chi connectivity index (χ0v) is 18.3. The summed E-state index contributed by atoms with van der Waals surface area (Å²) in [6.07, 6.45) is 1.50. The first-order chi connectivity index (χ1) is 13.0. The standard InChI is InChI=1S/C22H30N2O3S/c1-7-21(22(25)23-20-11-9-8-10-19(20)15(2)3)24(28(6,26)27)18-13-16(4)12-17(5)14-18/h8-15,21H,7H2,1-6H3,(H,23,25)/t21-/m0/s1. The highest BCUT2D eigenvalue weighted by atomic mass is 32.2. The first-order valence-electron chi connectivity index (χ1n) is 9.52. The van der Waals surface area contributed by atoms with Crippen molar-refractivity contribution in [3.63, 3.8) is 0 Å². The largest absolute Gasteiger partial charge is 0.324 e. The predicted molar refractivity (Wildman–Crippen MR) is 116 cm³/mol. The van der Waals surface area contributed by atoms with Crippen LogP contribution in [0.2, 0.25) is 0 Å². The molecule has 1 atom stereocenters. The first-order valence-corrected chi connectivity index (χ1v) is 11.4. The van der Waals surface area contributed by atoms with Gasteiger partial charge < -0.3 is 5.32 Å². The Morgan fingerprint density at radius 3 is 2.14 bits per heavy atom. The summed E-state index contributed by atoms with van der Waals surface area (Å²) in [5, 5.41) is 2.95. The molecule has 2 rings (SSSR count). The molecule has 6 heteroatoms. The molecule has 1 N–H and O–H groups in total. The summed E-state index contributed by atoms with van der Waals surface area (Å²) < 4.78 is 26.5. The van der Waals surface area contributed by atoms with Gasteiger partial charge >= 0.3 is 0 Å². The van der Waals surface area contributed by atoms with Crippen molar-refractivity contribution in [2.45, 2.75) is 53.0 Å². The van der Waals surface area contributed by atoms with Gasteiger partial charge in [0.2, 0.25) is 15.9 Å². The average Bonchev–Trinajstić information content (AvgIpc) is 2.57. The Labute approximate surface area is 168 Å². The van der Waals surface area contributed by atoms with Gasteiger partial charge in [-0.1, -0.05) is 45.0 Å². The second-order valence-electron chi connectivity index (χ2n) is 7.56. The van der Waals surface area contributed by atoms with E-state index in [-0.39, 0.29) is 11.8 Å². The number of aryl methyl sites for hydroxylation is 2. The molecule has 5 nitrogen and oxygen atoms in total. The molecule has 152 valence electrons. The van der Waals surface area contributed by atoms with Gasteiger partial charge in [0.05, 0.1) is 11.9 Å². The molecule has 0 heterocycles. The van der Waals surface area contributed by atoms with E-state index in [2.05, 4.69) is 19.2 Å². The van der Waals surface area contributed by atoms with Crippen LogP contribution in [0, 0.1) is 13.8 Å². The highest BCUT2D eigenvalue weighted by molar-refractivity contribution is 7.92. The van der Waals surface area contributed by atoms with Crippen molar-refractivity contribution in [3.8, 4) is 0 Å². The number of sulfonamides is 1. The molecule has 0 aliphatic carbocycles. The third-order valence-corrected chi connectivity index (χ3v) is 5.81. The van der Waals surface area contributed by atoms with Gasteiger partial charge in [-0.25, -0.2) is 8.42 Å². The van der Waals surface area contributed by atoms with Crippen molar-refractivity contribution in [2.75, 3.05) is 15.9 Å². The lowest BCUT2D eigenvalue weighted by molar-refractivity contribution is -0.117. The molecule has 28 heavy (non-hydrogen) atoms. The number of rotatable bonds is 7. The number of amides is 1. The summed E-state index contributed by atoms with van der Waals surface area (Å²) in [5.74, 6) is -0.0952. The highest BCUT2D eigenvalue weighted by Crippen LogP contribution is 2.28. The van der Waals surface area contributed by atoms with Crippen molar-refractivity contribution in [2.24, 2.45) is 0 Å². The molecule has 0 saturated carbocycles. The Morgan fingerprint density at radius 1 is 1.07 bits per heavy atom. The minimum absolute atomic E-state index is 0.238. The van der Waals surface area contributed by atoms with Crippen molar-refractivity contribution >= 4 is 27.3 Å². The summed E-state index contributed by atoms with van der Waals surface area (Å²) >= 11 is 0. The minimum atomic E-state index is -3.65. The van der Waals surface area contributed by atoms with Gasteiger partial charge in [-0.3, -0.25) is 9.10 Å². The topological polar surface area (TPSA) is 66.5 Å². The van der Waals surface area contributed by atoms with Gasteiger partial charge in [-0.05, 0) is 61.1 Å². The van der Waals surface area contributed by atoms with E-state index in [0.717, 1.165) is 28.6 Å². The average molecular weight is 403 g/mol. The first kappa shape index (κ1) is 22.0. The molecule has 0 spiro atoms. The molecule has 2 aromatic rings. The van der Waals surface area contributed by atoms with Gasteiger partial charge in [-0.2, -0.15) is 0 Å². The van der Waals surface area contributed by atoms with Gasteiger partial charge in [0.15, 0.2) is 0 Å². The molecular formula is C22H30N2O3S. The number of carbonyl (C=O) groups excluding carboxylic acids is 1. The lowest BCUT2D eigenvalue weighted by atomic mass is 10.0. The van der Waals surface area contributed by atoms with Gasteiger partial charge in [0.1, 0.15) is 6.04 Å². The molecule has 0 bridgehead atoms. The van der Waals surface area contributed by atoms with E-state index in [1.807, 2.05) is 51.1 Å². The van der Waals surface area contributed by atoms with E-state index < -0.39 is 16.1 Å². The second kappa shape index (κ2) is 8.78. The van der Waals surface area contributed by atoms with Crippen molar-refractivity contribution in [3.05, 3.63) is 59.2 Å². The SMILES string of the molecule is CC[C@@H](C(=O)Nc1ccccc1C(C)C)N(c1cc(C)cc(C)c1)S(C)(=O)=O. The van der Waals surface area contributed by atoms with Crippen molar-refractivity contribution in [1.82, 2.24) is 0 Å². The molecule has 0 aromatic heterocycles. The van der Waals surface area contributed by atoms with E-state index in [4.69, 9.17) is 0 Å². The van der Waals surface area contributed by atoms with Crippen molar-refractivity contribution < 1.29 is 13.2 Å². The zero-order valence-electron chi connectivity index (χ0n) is 17.5. The van der Waals surface area contributed by atoms with Crippen LogP contribution in [-0.2, 0) is 14.8 Å². The van der Waals surface area contributed by atoms with Crippen LogP contribution in [-0.4, -0.2) is 26.6 Å². The van der Waals surface area contributed by atoms with E-state index in [1.165, 1.54) is 4.31 Å². The van der Waals surface area contributed by atoms with Gasteiger partial charge in [-0.15, -0.1) is 0 Å². The molecule has 0 aliphatic rings. The van der Waals surface area contributed by atoms with E-state index in [9.17, 15) is 13.2 Å². The maximum Gasteiger partial charge on any atom is 0.248 e. The number of hydrogen-bond acceptors (Lipinski definition) is 3. The summed E-state index contributed by atoms with van der Waals surface area (Å²) in [6.45, 7) is 9.76. The van der Waals surface area contributed by atoms with Crippen LogP contribution < -0.4 is 9.62 Å². The fraction of sp³-hybridized carbons (Fsp3) is 0.409. The maximum atomic E-state index is 13.1. The third kappa shape index (κ3) is 5.13. The Balaban J connectivity index is 2.46. The smallest absolute Gasteiger partial charge is 0.248 e. The molecule has 2 aromatic carbocycles. The van der Waals surface area contributed by atoms with Crippen LogP contribution in [0.25, 0.3) is 0 Å². The summed E-state index contributed by atoms with van der Waals surface area (Å²) in [4.78, 5) is 13.1. The van der Waals surface area contributed by atoms with Crippen LogP contribution in [0.3, 0.4) is 0 Å². The Kier molecular flexibility index (Phi) is 6.88. The van der Waals surface area contributed by atoms with Crippen LogP contribution in [0.4, 0.5) is 11.4 Å². The van der Waals surface area contributed by atoms with Gasteiger partial charge in [0, 0.05) is 5.69 Å². The van der Waals surface area contributed by atoms with Crippen molar-refractivity contribution in [1.29, 1.82) is 0 Å². The summed E-state index contributed by atoms with van der Waals surface area (Å²) in [7, 11) is -3.65. The number of benzene rings is 2. The summed E-state index contributed by atoms with van der Waals surface area (Å²) in [5.41, 5.74) is 4.14. The molecule has 1 amide bonds. The van der Waals surface area contributed by atoms with Crippen LogP contribution in [0.1, 0.15) is 49.8 Å². The maximum absolute atomic E-state index is 13.1. The second-order valence-corrected chi connectivity index (χ2v) is 9.42. The van der Waals surface area contributed by atoms with Crippen LogP contribution >= 0.6 is 0 Å². The van der Waals surface area contributed by atoms with E-state index in [0.29, 0.717) is 12.1 Å². The van der Waals surface area contributed by atoms with Crippen LogP contribution in [0.5, 0.6) is 0 Å². The molecule has 0 saturated heterocycles.